The number of methoxy groups -OCH3 is 1. The van der Waals surface area contributed by atoms with Crippen LogP contribution < -0.4 is 4.90 Å². The Bertz CT molecular complexity index is 386. The van der Waals surface area contributed by atoms with Crippen molar-refractivity contribution in [1.82, 2.24) is 0 Å². The molecule has 94 valence electrons. The highest BCUT2D eigenvalue weighted by Crippen LogP contribution is 2.27. The second kappa shape index (κ2) is 5.92. The monoisotopic (exact) mass is 255 g/mol. The molecule has 3 nitrogen and oxygen atoms in total. The van der Waals surface area contributed by atoms with Gasteiger partial charge < -0.3 is 9.64 Å². The van der Waals surface area contributed by atoms with E-state index in [-0.39, 0.29) is 12.0 Å². The molecule has 1 rings (SSSR count). The maximum Gasteiger partial charge on any atom is 0.328 e. The molecule has 1 aromatic carbocycles. The van der Waals surface area contributed by atoms with Crippen LogP contribution in [0.3, 0.4) is 0 Å². The highest BCUT2D eigenvalue weighted by atomic mass is 35.5. The number of carbonyl (C=O) groups excluding carboxylic acids is 1. The molecular weight excluding hydrogens is 238 g/mol. The predicted octanol–water partition coefficient (Wildman–Crippen LogP) is 2.87. The van der Waals surface area contributed by atoms with Crippen molar-refractivity contribution in [1.29, 1.82) is 0 Å². The molecule has 0 aromatic heterocycles. The van der Waals surface area contributed by atoms with E-state index in [1.165, 1.54) is 7.11 Å². The number of hydrogen-bond acceptors (Lipinski definition) is 3. The average Bonchev–Trinajstić information content (AvgIpc) is 2.32. The molecule has 0 aliphatic carbocycles. The first kappa shape index (κ1) is 13.8. The molecule has 0 heterocycles. The van der Waals surface area contributed by atoms with E-state index in [0.29, 0.717) is 0 Å². The lowest BCUT2D eigenvalue weighted by atomic mass is 10.1. The van der Waals surface area contributed by atoms with Gasteiger partial charge in [-0.3, -0.25) is 0 Å². The molecule has 4 heteroatoms. The van der Waals surface area contributed by atoms with Gasteiger partial charge in [-0.25, -0.2) is 4.79 Å². The van der Waals surface area contributed by atoms with Crippen LogP contribution in [-0.2, 0) is 9.53 Å². The van der Waals surface area contributed by atoms with Crippen LogP contribution in [0, 0.1) is 13.8 Å². The van der Waals surface area contributed by atoms with Gasteiger partial charge in [-0.1, -0.05) is 18.2 Å². The second-order valence-electron chi connectivity index (χ2n) is 4.03. The molecule has 0 saturated heterocycles. The molecule has 0 spiro atoms. The number of carbonyl (C=O) groups is 1. The Morgan fingerprint density at radius 2 is 1.94 bits per heavy atom. The van der Waals surface area contributed by atoms with Crippen LogP contribution in [0.25, 0.3) is 0 Å². The Labute approximate surface area is 107 Å². The highest BCUT2D eigenvalue weighted by molar-refractivity contribution is 6.19. The van der Waals surface area contributed by atoms with E-state index in [1.54, 1.807) is 6.92 Å². The second-order valence-corrected chi connectivity index (χ2v) is 4.27. The first-order valence-electron chi connectivity index (χ1n) is 5.49. The van der Waals surface area contributed by atoms with Crippen molar-refractivity contribution < 1.29 is 9.53 Å². The Hall–Kier alpha value is -1.22. The normalized spacial score (nSPS) is 12.1. The fourth-order valence-electron chi connectivity index (χ4n) is 1.91. The Balaban J connectivity index is 3.14. The first-order chi connectivity index (χ1) is 8.02. The van der Waals surface area contributed by atoms with Crippen molar-refractivity contribution in [3.05, 3.63) is 29.3 Å². The predicted molar refractivity (Wildman–Crippen MR) is 70.6 cm³/mol. The summed E-state index contributed by atoms with van der Waals surface area (Å²) < 4.78 is 4.76. The zero-order valence-electron chi connectivity index (χ0n) is 10.7. The lowest BCUT2D eigenvalue weighted by Gasteiger charge is -2.30. The molecule has 1 unspecified atom stereocenters. The molecule has 0 aliphatic heterocycles. The number of hydrogen-bond donors (Lipinski definition) is 0. The molecule has 0 radical (unpaired) electrons. The number of anilines is 1. The average molecular weight is 256 g/mol. The van der Waals surface area contributed by atoms with Gasteiger partial charge >= 0.3 is 5.97 Å². The van der Waals surface area contributed by atoms with Gasteiger partial charge in [0.2, 0.25) is 0 Å². The zero-order chi connectivity index (χ0) is 13.0. The van der Waals surface area contributed by atoms with Gasteiger partial charge in [-0.05, 0) is 31.9 Å². The van der Waals surface area contributed by atoms with E-state index in [0.717, 1.165) is 16.8 Å². The summed E-state index contributed by atoms with van der Waals surface area (Å²) in [5, 5.41) is 0. The third-order valence-corrected chi connectivity index (χ3v) is 3.12. The molecule has 1 atom stereocenters. The summed E-state index contributed by atoms with van der Waals surface area (Å²) in [6.07, 6.45) is 0. The molecule has 0 fully saturated rings. The maximum absolute atomic E-state index is 11.6. The fourth-order valence-corrected chi connectivity index (χ4v) is 2.24. The minimum Gasteiger partial charge on any atom is -0.467 e. The topological polar surface area (TPSA) is 29.5 Å². The lowest BCUT2D eigenvalue weighted by molar-refractivity contribution is -0.141. The van der Waals surface area contributed by atoms with Crippen LogP contribution in [0.2, 0.25) is 0 Å². The van der Waals surface area contributed by atoms with E-state index in [2.05, 4.69) is 0 Å². The SMILES string of the molecule is COC(=O)C(C)N(CCl)c1c(C)cccc1C. The summed E-state index contributed by atoms with van der Waals surface area (Å²) in [5.74, 6) is -0.284. The minimum absolute atomic E-state index is 0.252. The van der Waals surface area contributed by atoms with Crippen molar-refractivity contribution in [2.75, 3.05) is 18.0 Å². The molecule has 1 aromatic rings. The Morgan fingerprint density at radius 1 is 1.41 bits per heavy atom. The van der Waals surface area contributed by atoms with E-state index in [1.807, 2.05) is 36.9 Å². The van der Waals surface area contributed by atoms with Gasteiger partial charge in [0, 0.05) is 5.69 Å². The van der Waals surface area contributed by atoms with Crippen molar-refractivity contribution in [2.45, 2.75) is 26.8 Å². The summed E-state index contributed by atoms with van der Waals surface area (Å²) in [7, 11) is 1.38. The number of halogens is 1. The largest absolute Gasteiger partial charge is 0.467 e. The van der Waals surface area contributed by atoms with Crippen LogP contribution in [0.15, 0.2) is 18.2 Å². The van der Waals surface area contributed by atoms with Gasteiger partial charge in [0.1, 0.15) is 6.04 Å². The van der Waals surface area contributed by atoms with Crippen LogP contribution in [0.5, 0.6) is 0 Å². The number of nitrogens with zero attached hydrogens (tertiary/aromatic N) is 1. The molecule has 0 bridgehead atoms. The maximum atomic E-state index is 11.6. The lowest BCUT2D eigenvalue weighted by Crippen LogP contribution is -2.39. The number of benzene rings is 1. The summed E-state index contributed by atoms with van der Waals surface area (Å²) in [5.41, 5.74) is 3.20. The number of aryl methyl sites for hydroxylation is 2. The summed E-state index contributed by atoms with van der Waals surface area (Å²) in [6, 6.07) is 5.86. The van der Waals surface area contributed by atoms with Gasteiger partial charge in [-0.15, -0.1) is 11.6 Å². The van der Waals surface area contributed by atoms with Gasteiger partial charge in [-0.2, -0.15) is 0 Å². The van der Waals surface area contributed by atoms with Crippen LogP contribution >= 0.6 is 11.6 Å². The molecule has 0 aliphatic rings. The van der Waals surface area contributed by atoms with Crippen molar-refractivity contribution in [3.63, 3.8) is 0 Å². The van der Waals surface area contributed by atoms with E-state index >= 15 is 0 Å². The third-order valence-electron chi connectivity index (χ3n) is 2.87. The van der Waals surface area contributed by atoms with Crippen LogP contribution in [0.1, 0.15) is 18.1 Å². The number of rotatable bonds is 4. The molecule has 0 N–H and O–H groups in total. The standard InChI is InChI=1S/C13H18ClNO2/c1-9-6-5-7-10(2)12(9)15(8-14)11(3)13(16)17-4/h5-7,11H,8H2,1-4H3. The fraction of sp³-hybridized carbons (Fsp3) is 0.462. The molecular formula is C13H18ClNO2. The molecule has 0 saturated carbocycles. The van der Waals surface area contributed by atoms with Gasteiger partial charge in [0.05, 0.1) is 13.1 Å². The van der Waals surface area contributed by atoms with E-state index in [9.17, 15) is 4.79 Å². The van der Waals surface area contributed by atoms with E-state index < -0.39 is 6.04 Å². The van der Waals surface area contributed by atoms with Crippen LogP contribution in [0.4, 0.5) is 5.69 Å². The molecule has 17 heavy (non-hydrogen) atoms. The van der Waals surface area contributed by atoms with Crippen LogP contribution in [-0.4, -0.2) is 25.1 Å². The van der Waals surface area contributed by atoms with Crippen molar-refractivity contribution in [3.8, 4) is 0 Å². The third kappa shape index (κ3) is 2.91. The number of ether oxygens (including phenoxy) is 1. The number of para-hydroxylation sites is 1. The Kier molecular flexibility index (Phi) is 4.82. The number of esters is 1. The quantitative estimate of drug-likeness (QED) is 0.471. The first-order valence-corrected chi connectivity index (χ1v) is 6.03. The van der Waals surface area contributed by atoms with Gasteiger partial charge in [0.15, 0.2) is 0 Å². The summed E-state index contributed by atoms with van der Waals surface area (Å²) in [6.45, 7) is 5.80. The van der Waals surface area contributed by atoms with Crippen molar-refractivity contribution >= 4 is 23.3 Å². The van der Waals surface area contributed by atoms with Crippen molar-refractivity contribution in [2.24, 2.45) is 0 Å². The smallest absolute Gasteiger partial charge is 0.328 e. The summed E-state index contributed by atoms with van der Waals surface area (Å²) in [4.78, 5) is 13.4. The Morgan fingerprint density at radius 3 is 2.35 bits per heavy atom. The van der Waals surface area contributed by atoms with E-state index in [4.69, 9.17) is 16.3 Å². The summed E-state index contributed by atoms with van der Waals surface area (Å²) >= 11 is 5.96. The minimum atomic E-state index is -0.391. The van der Waals surface area contributed by atoms with Gasteiger partial charge in [0.25, 0.3) is 0 Å². The number of alkyl halides is 1. The molecule has 0 amide bonds. The zero-order valence-corrected chi connectivity index (χ0v) is 11.4. The highest BCUT2D eigenvalue weighted by Gasteiger charge is 2.23.